The predicted octanol–water partition coefficient (Wildman–Crippen LogP) is 2.40. The lowest BCUT2D eigenvalue weighted by Crippen LogP contribution is -2.29. The first-order valence-electron chi connectivity index (χ1n) is 8.05. The van der Waals surface area contributed by atoms with Crippen LogP contribution in [0.2, 0.25) is 0 Å². The van der Waals surface area contributed by atoms with Gasteiger partial charge >= 0.3 is 0 Å². The third-order valence-corrected chi connectivity index (χ3v) is 4.24. The van der Waals surface area contributed by atoms with E-state index in [1.54, 1.807) is 0 Å². The Morgan fingerprint density at radius 2 is 2.00 bits per heavy atom. The van der Waals surface area contributed by atoms with Crippen LogP contribution in [0.1, 0.15) is 43.0 Å². The van der Waals surface area contributed by atoms with Crippen molar-refractivity contribution >= 4 is 0 Å². The molecule has 0 amide bonds. The molecule has 2 heterocycles. The second kappa shape index (κ2) is 7.51. The van der Waals surface area contributed by atoms with E-state index in [-0.39, 0.29) is 6.61 Å². The summed E-state index contributed by atoms with van der Waals surface area (Å²) < 4.78 is 5.79. The van der Waals surface area contributed by atoms with E-state index >= 15 is 0 Å². The van der Waals surface area contributed by atoms with Gasteiger partial charge in [0, 0.05) is 12.6 Å². The van der Waals surface area contributed by atoms with Crippen LogP contribution in [0.5, 0.6) is 0 Å². The third kappa shape index (κ3) is 3.93. The van der Waals surface area contributed by atoms with E-state index in [2.05, 4.69) is 27.2 Å². The second-order valence-electron chi connectivity index (χ2n) is 5.88. The van der Waals surface area contributed by atoms with Crippen LogP contribution in [-0.4, -0.2) is 39.4 Å². The van der Waals surface area contributed by atoms with E-state index < -0.39 is 0 Å². The number of aromatic nitrogens is 2. The highest BCUT2D eigenvalue weighted by Gasteiger charge is 2.25. The van der Waals surface area contributed by atoms with Crippen molar-refractivity contribution in [2.24, 2.45) is 0 Å². The Kier molecular flexibility index (Phi) is 5.19. The molecule has 1 aromatic heterocycles. The van der Waals surface area contributed by atoms with Gasteiger partial charge < -0.3 is 9.52 Å². The molecule has 118 valence electrons. The lowest BCUT2D eigenvalue weighted by atomic mass is 10.1. The van der Waals surface area contributed by atoms with Crippen LogP contribution in [0.4, 0.5) is 0 Å². The summed E-state index contributed by atoms with van der Waals surface area (Å²) in [6, 6.07) is 10.7. The normalized spacial score (nSPS) is 18.9. The summed E-state index contributed by atoms with van der Waals surface area (Å²) in [6.07, 6.45) is 5.00. The molecule has 2 aromatic rings. The van der Waals surface area contributed by atoms with E-state index in [1.165, 1.54) is 18.4 Å². The number of aliphatic hydroxyl groups is 1. The van der Waals surface area contributed by atoms with Gasteiger partial charge in [-0.1, -0.05) is 30.3 Å². The zero-order valence-electron chi connectivity index (χ0n) is 12.8. The summed E-state index contributed by atoms with van der Waals surface area (Å²) in [5, 5.41) is 17.3. The average molecular weight is 301 g/mol. The van der Waals surface area contributed by atoms with Gasteiger partial charge in [-0.25, -0.2) is 0 Å². The zero-order valence-corrected chi connectivity index (χ0v) is 12.8. The molecule has 0 spiro atoms. The van der Waals surface area contributed by atoms with Crippen molar-refractivity contribution in [2.75, 3.05) is 13.2 Å². The fourth-order valence-corrected chi connectivity index (χ4v) is 3.13. The highest BCUT2D eigenvalue weighted by Crippen LogP contribution is 2.23. The Balaban J connectivity index is 1.57. The fraction of sp³-hybridized carbons (Fsp3) is 0.529. The predicted molar refractivity (Wildman–Crippen MR) is 83.3 cm³/mol. The smallest absolute Gasteiger partial charge is 0.230 e. The molecule has 22 heavy (non-hydrogen) atoms. The summed E-state index contributed by atoms with van der Waals surface area (Å²) in [6.45, 7) is 2.07. The van der Waals surface area contributed by atoms with Crippen LogP contribution < -0.4 is 0 Å². The van der Waals surface area contributed by atoms with Gasteiger partial charge in [0.05, 0.1) is 13.0 Å². The first-order chi connectivity index (χ1) is 10.8. The van der Waals surface area contributed by atoms with E-state index in [0.29, 0.717) is 24.2 Å². The zero-order chi connectivity index (χ0) is 15.2. The number of hydrogen-bond donors (Lipinski definition) is 1. The van der Waals surface area contributed by atoms with E-state index in [9.17, 15) is 0 Å². The van der Waals surface area contributed by atoms with Crippen molar-refractivity contribution in [3.05, 3.63) is 47.7 Å². The van der Waals surface area contributed by atoms with Gasteiger partial charge in [0.1, 0.15) is 0 Å². The molecule has 0 bridgehead atoms. The van der Waals surface area contributed by atoms with Gasteiger partial charge in [-0.2, -0.15) is 0 Å². The lowest BCUT2D eigenvalue weighted by molar-refractivity contribution is 0.194. The number of nitrogens with zero attached hydrogens (tertiary/aromatic N) is 3. The molecular formula is C17H23N3O2. The number of benzene rings is 1. The number of rotatable bonds is 7. The monoisotopic (exact) mass is 301 g/mol. The fourth-order valence-electron chi connectivity index (χ4n) is 3.13. The maximum Gasteiger partial charge on any atom is 0.230 e. The second-order valence-corrected chi connectivity index (χ2v) is 5.88. The Hall–Kier alpha value is -1.72. The Bertz CT molecular complexity index is 570. The van der Waals surface area contributed by atoms with Crippen molar-refractivity contribution < 1.29 is 9.52 Å². The van der Waals surface area contributed by atoms with E-state index in [4.69, 9.17) is 9.52 Å². The first kappa shape index (κ1) is 15.2. The molecule has 0 saturated carbocycles. The number of likely N-dealkylation sites (tertiary alicyclic amines) is 1. The molecular weight excluding hydrogens is 278 g/mol. The van der Waals surface area contributed by atoms with Crippen molar-refractivity contribution in [1.82, 2.24) is 15.1 Å². The Morgan fingerprint density at radius 3 is 2.82 bits per heavy atom. The van der Waals surface area contributed by atoms with Crippen LogP contribution in [0.15, 0.2) is 34.7 Å². The van der Waals surface area contributed by atoms with Crippen LogP contribution in [0.3, 0.4) is 0 Å². The van der Waals surface area contributed by atoms with Crippen molar-refractivity contribution in [3.63, 3.8) is 0 Å². The minimum absolute atomic E-state index is 0.270. The summed E-state index contributed by atoms with van der Waals surface area (Å²) in [4.78, 5) is 2.40. The van der Waals surface area contributed by atoms with Crippen molar-refractivity contribution in [1.29, 1.82) is 0 Å². The molecule has 5 nitrogen and oxygen atoms in total. The minimum Gasteiger partial charge on any atom is -0.424 e. The van der Waals surface area contributed by atoms with Gasteiger partial charge in [0.2, 0.25) is 11.8 Å². The highest BCUT2D eigenvalue weighted by molar-refractivity contribution is 5.17. The first-order valence-corrected chi connectivity index (χ1v) is 8.05. The minimum atomic E-state index is 0.270. The number of hydrogen-bond acceptors (Lipinski definition) is 5. The molecule has 1 aliphatic heterocycles. The molecule has 3 rings (SSSR count). The summed E-state index contributed by atoms with van der Waals surface area (Å²) >= 11 is 0. The van der Waals surface area contributed by atoms with Crippen LogP contribution in [0.25, 0.3) is 0 Å². The van der Waals surface area contributed by atoms with Crippen LogP contribution in [-0.2, 0) is 13.0 Å². The molecule has 1 atom stereocenters. The highest BCUT2D eigenvalue weighted by atomic mass is 16.4. The molecule has 0 radical (unpaired) electrons. The maximum absolute atomic E-state index is 8.99. The van der Waals surface area contributed by atoms with Crippen LogP contribution >= 0.6 is 0 Å². The molecule has 0 aliphatic carbocycles. The van der Waals surface area contributed by atoms with Gasteiger partial charge in [-0.15, -0.1) is 10.2 Å². The Morgan fingerprint density at radius 1 is 1.18 bits per heavy atom. The van der Waals surface area contributed by atoms with Crippen LogP contribution in [0, 0.1) is 0 Å². The van der Waals surface area contributed by atoms with E-state index in [0.717, 1.165) is 25.9 Å². The Labute approximate surface area is 131 Å². The largest absolute Gasteiger partial charge is 0.424 e. The molecule has 1 N–H and O–H groups in total. The van der Waals surface area contributed by atoms with Gasteiger partial charge in [0.25, 0.3) is 0 Å². The molecule has 1 fully saturated rings. The maximum atomic E-state index is 8.99. The topological polar surface area (TPSA) is 62.4 Å². The standard InChI is InChI=1S/C17H23N3O2/c21-11-5-9-15-8-4-10-20(15)13-17-19-18-16(22-17)12-14-6-2-1-3-7-14/h1-3,6-7,15,21H,4-5,8-13H2. The van der Waals surface area contributed by atoms with Crippen molar-refractivity contribution in [3.8, 4) is 0 Å². The molecule has 1 saturated heterocycles. The molecule has 1 aromatic carbocycles. The van der Waals surface area contributed by atoms with E-state index in [1.807, 2.05) is 18.2 Å². The lowest BCUT2D eigenvalue weighted by Gasteiger charge is -2.22. The summed E-state index contributed by atoms with van der Waals surface area (Å²) in [5.74, 6) is 1.37. The van der Waals surface area contributed by atoms with Crippen molar-refractivity contribution in [2.45, 2.75) is 44.7 Å². The molecule has 5 heteroatoms. The third-order valence-electron chi connectivity index (χ3n) is 4.24. The summed E-state index contributed by atoms with van der Waals surface area (Å²) in [7, 11) is 0. The number of aliphatic hydroxyl groups excluding tert-OH is 1. The van der Waals surface area contributed by atoms with Gasteiger partial charge in [-0.05, 0) is 37.8 Å². The molecule has 1 aliphatic rings. The molecule has 1 unspecified atom stereocenters. The SMILES string of the molecule is OCCCC1CCCN1Cc1nnc(Cc2ccccc2)o1. The van der Waals surface area contributed by atoms with Gasteiger partial charge in [0.15, 0.2) is 0 Å². The quantitative estimate of drug-likeness (QED) is 0.851. The summed E-state index contributed by atoms with van der Waals surface area (Å²) in [5.41, 5.74) is 1.18. The van der Waals surface area contributed by atoms with Gasteiger partial charge in [-0.3, -0.25) is 4.90 Å². The average Bonchev–Trinajstić information content (AvgIpc) is 3.16.